The first kappa shape index (κ1) is 11.3. The van der Waals surface area contributed by atoms with Gasteiger partial charge in [0.05, 0.1) is 18.1 Å². The summed E-state index contributed by atoms with van der Waals surface area (Å²) in [4.78, 5) is 0. The zero-order chi connectivity index (χ0) is 10.8. The summed E-state index contributed by atoms with van der Waals surface area (Å²) in [6.45, 7) is 0. The highest BCUT2D eigenvalue weighted by Crippen LogP contribution is 2.24. The van der Waals surface area contributed by atoms with Crippen LogP contribution in [0.3, 0.4) is 0 Å². The molecule has 0 aromatic heterocycles. The first-order valence-electron chi connectivity index (χ1n) is 3.67. The largest absolute Gasteiger partial charge is 0.393 e. The van der Waals surface area contributed by atoms with E-state index in [-0.39, 0.29) is 5.56 Å². The molecule has 74 valence electrons. The van der Waals surface area contributed by atoms with E-state index < -0.39 is 12.6 Å². The molecule has 0 unspecified atom stereocenters. The molecule has 0 aliphatic carbocycles. The fourth-order valence-corrected chi connectivity index (χ4v) is 1.68. The maximum Gasteiger partial charge on any atom is 0.393 e. The van der Waals surface area contributed by atoms with Crippen molar-refractivity contribution in [2.45, 2.75) is 12.6 Å². The number of nitriles is 1. The Hall–Kier alpha value is -0.770. The Balaban J connectivity index is 2.97. The number of hydrogen-bond donors (Lipinski definition) is 0. The average molecular weight is 311 g/mol. The molecule has 0 fully saturated rings. The van der Waals surface area contributed by atoms with Crippen LogP contribution in [0.2, 0.25) is 0 Å². The molecule has 0 aliphatic heterocycles. The van der Waals surface area contributed by atoms with Crippen molar-refractivity contribution in [3.05, 3.63) is 32.9 Å². The van der Waals surface area contributed by atoms with Crippen LogP contribution in [0.5, 0.6) is 0 Å². The number of alkyl halides is 3. The number of benzene rings is 1. The van der Waals surface area contributed by atoms with Gasteiger partial charge in [0.2, 0.25) is 0 Å². The second-order valence-electron chi connectivity index (χ2n) is 2.71. The second-order valence-corrected chi connectivity index (χ2v) is 3.87. The average Bonchev–Trinajstić information content (AvgIpc) is 2.06. The zero-order valence-corrected chi connectivity index (χ0v) is 9.06. The van der Waals surface area contributed by atoms with Gasteiger partial charge < -0.3 is 0 Å². The molecule has 5 heteroatoms. The summed E-state index contributed by atoms with van der Waals surface area (Å²) in [6.07, 6.45) is -5.15. The zero-order valence-electron chi connectivity index (χ0n) is 6.90. The van der Waals surface area contributed by atoms with Gasteiger partial charge >= 0.3 is 6.18 Å². The van der Waals surface area contributed by atoms with Gasteiger partial charge in [-0.1, -0.05) is 6.07 Å². The smallest absolute Gasteiger partial charge is 0.192 e. The van der Waals surface area contributed by atoms with Gasteiger partial charge in [-0.15, -0.1) is 0 Å². The van der Waals surface area contributed by atoms with Crippen LogP contribution in [0.15, 0.2) is 18.2 Å². The molecule has 0 radical (unpaired) electrons. The van der Waals surface area contributed by atoms with E-state index in [2.05, 4.69) is 0 Å². The molecule has 0 saturated heterocycles. The highest BCUT2D eigenvalue weighted by atomic mass is 127. The lowest BCUT2D eigenvalue weighted by molar-refractivity contribution is -0.127. The van der Waals surface area contributed by atoms with E-state index in [0.717, 1.165) is 0 Å². The Morgan fingerprint density at radius 2 is 2.00 bits per heavy atom. The molecule has 0 aliphatic rings. The lowest BCUT2D eigenvalue weighted by Crippen LogP contribution is -2.12. The van der Waals surface area contributed by atoms with Gasteiger partial charge in [0.15, 0.2) is 0 Å². The van der Waals surface area contributed by atoms with Crippen LogP contribution in [0.1, 0.15) is 11.1 Å². The normalized spacial score (nSPS) is 11.1. The van der Waals surface area contributed by atoms with Gasteiger partial charge in [-0.25, -0.2) is 0 Å². The van der Waals surface area contributed by atoms with Crippen molar-refractivity contribution in [2.75, 3.05) is 0 Å². The Morgan fingerprint density at radius 1 is 1.36 bits per heavy atom. The topological polar surface area (TPSA) is 23.8 Å². The van der Waals surface area contributed by atoms with Crippen LogP contribution in [0.4, 0.5) is 13.2 Å². The fourth-order valence-electron chi connectivity index (χ4n) is 0.976. The van der Waals surface area contributed by atoms with Gasteiger partial charge in [0.1, 0.15) is 0 Å². The van der Waals surface area contributed by atoms with Crippen molar-refractivity contribution < 1.29 is 13.2 Å². The summed E-state index contributed by atoms with van der Waals surface area (Å²) < 4.78 is 36.6. The molecule has 1 aromatic carbocycles. The summed E-state index contributed by atoms with van der Waals surface area (Å²) in [5, 5.41) is 8.51. The van der Waals surface area contributed by atoms with Gasteiger partial charge in [-0.05, 0) is 40.3 Å². The predicted octanol–water partition coefficient (Wildman–Crippen LogP) is 3.27. The van der Waals surface area contributed by atoms with E-state index in [1.807, 2.05) is 6.07 Å². The summed E-state index contributed by atoms with van der Waals surface area (Å²) in [5.74, 6) is 0. The third kappa shape index (κ3) is 3.18. The molecule has 14 heavy (non-hydrogen) atoms. The second kappa shape index (κ2) is 4.17. The van der Waals surface area contributed by atoms with Gasteiger partial charge in [0, 0.05) is 3.57 Å². The quantitative estimate of drug-likeness (QED) is 0.730. The van der Waals surface area contributed by atoms with Gasteiger partial charge in [0.25, 0.3) is 0 Å². The first-order chi connectivity index (χ1) is 6.42. The molecule has 1 rings (SSSR count). The highest BCUT2D eigenvalue weighted by molar-refractivity contribution is 14.1. The first-order valence-corrected chi connectivity index (χ1v) is 4.75. The fraction of sp³-hybridized carbons (Fsp3) is 0.222. The molecule has 0 amide bonds. The van der Waals surface area contributed by atoms with E-state index in [4.69, 9.17) is 5.26 Å². The number of rotatable bonds is 1. The Labute approximate surface area is 92.7 Å². The van der Waals surface area contributed by atoms with E-state index in [1.54, 1.807) is 22.6 Å². The van der Waals surface area contributed by atoms with Crippen molar-refractivity contribution in [3.8, 4) is 6.07 Å². The van der Waals surface area contributed by atoms with Crippen molar-refractivity contribution in [2.24, 2.45) is 0 Å². The molecule has 1 nitrogen and oxygen atoms in total. The molecule has 0 heterocycles. The minimum absolute atomic E-state index is 0.206. The monoisotopic (exact) mass is 311 g/mol. The molecule has 1 aromatic rings. The molecule has 0 atom stereocenters. The van der Waals surface area contributed by atoms with E-state index in [9.17, 15) is 13.2 Å². The maximum atomic E-state index is 12.0. The van der Waals surface area contributed by atoms with Crippen molar-refractivity contribution in [1.82, 2.24) is 0 Å². The highest BCUT2D eigenvalue weighted by Gasteiger charge is 2.28. The maximum absolute atomic E-state index is 12.0. The van der Waals surface area contributed by atoms with Crippen LogP contribution in [-0.4, -0.2) is 6.18 Å². The van der Waals surface area contributed by atoms with Crippen LogP contribution >= 0.6 is 22.6 Å². The third-order valence-electron chi connectivity index (χ3n) is 1.57. The Morgan fingerprint density at radius 3 is 2.43 bits per heavy atom. The van der Waals surface area contributed by atoms with E-state index in [1.165, 1.54) is 18.2 Å². The lowest BCUT2D eigenvalue weighted by atomic mass is 10.1. The van der Waals surface area contributed by atoms with E-state index in [0.29, 0.717) is 9.13 Å². The van der Waals surface area contributed by atoms with Crippen LogP contribution in [0, 0.1) is 14.9 Å². The standard InChI is InChI=1S/C9H5F3IN/c10-9(11,12)4-7-2-1-6(5-14)3-8(7)13/h1-3H,4H2. The molecule has 0 saturated carbocycles. The van der Waals surface area contributed by atoms with Crippen molar-refractivity contribution >= 4 is 22.6 Å². The van der Waals surface area contributed by atoms with Gasteiger partial charge in [-0.3, -0.25) is 0 Å². The summed E-state index contributed by atoms with van der Waals surface area (Å²) in [6, 6.07) is 6.05. The van der Waals surface area contributed by atoms with Crippen molar-refractivity contribution in [3.63, 3.8) is 0 Å². The molecule has 0 N–H and O–H groups in total. The lowest BCUT2D eigenvalue weighted by Gasteiger charge is -2.08. The van der Waals surface area contributed by atoms with Crippen molar-refractivity contribution in [1.29, 1.82) is 5.26 Å². The van der Waals surface area contributed by atoms with Gasteiger partial charge in [-0.2, -0.15) is 18.4 Å². The molecule has 0 spiro atoms. The van der Waals surface area contributed by atoms with E-state index >= 15 is 0 Å². The number of halogens is 4. The Kier molecular flexibility index (Phi) is 3.37. The number of hydrogen-bond acceptors (Lipinski definition) is 1. The van der Waals surface area contributed by atoms with Crippen LogP contribution in [-0.2, 0) is 6.42 Å². The summed E-state index contributed by atoms with van der Waals surface area (Å²) >= 11 is 1.80. The SMILES string of the molecule is N#Cc1ccc(CC(F)(F)F)c(I)c1. The predicted molar refractivity (Wildman–Crippen MR) is 53.6 cm³/mol. The molecule has 0 bridgehead atoms. The molecular weight excluding hydrogens is 306 g/mol. The van der Waals surface area contributed by atoms with Crippen LogP contribution < -0.4 is 0 Å². The summed E-state index contributed by atoms with van der Waals surface area (Å²) in [7, 11) is 0. The minimum Gasteiger partial charge on any atom is -0.192 e. The Bertz CT molecular complexity index is 379. The van der Waals surface area contributed by atoms with Crippen LogP contribution in [0.25, 0.3) is 0 Å². The third-order valence-corrected chi connectivity index (χ3v) is 2.58. The number of nitrogens with zero attached hydrogens (tertiary/aromatic N) is 1. The minimum atomic E-state index is -4.20. The molecular formula is C9H5F3IN. The summed E-state index contributed by atoms with van der Waals surface area (Å²) in [5.41, 5.74) is 0.581.